The molecule has 15 heteroatoms. The normalized spacial score (nSPS) is 18.5. The maximum atomic E-state index is 12.2. The second-order valence-corrected chi connectivity index (χ2v) is 9.96. The van der Waals surface area contributed by atoms with Gasteiger partial charge in [0.05, 0.1) is 13.1 Å². The van der Waals surface area contributed by atoms with Crippen LogP contribution in [-0.4, -0.2) is 154 Å². The minimum atomic E-state index is -1.15. The van der Waals surface area contributed by atoms with Gasteiger partial charge in [-0.3, -0.25) is 49.9 Å². The van der Waals surface area contributed by atoms with Gasteiger partial charge in [0.25, 0.3) is 0 Å². The first kappa shape index (κ1) is 38.2. The van der Waals surface area contributed by atoms with Gasteiger partial charge in [-0.1, -0.05) is 20.3 Å². The van der Waals surface area contributed by atoms with Crippen LogP contribution in [0.25, 0.3) is 0 Å². The van der Waals surface area contributed by atoms with Gasteiger partial charge in [-0.2, -0.15) is 6.42 Å². The minimum Gasteiger partial charge on any atom is -0.542 e. The molecule has 40 heavy (non-hydrogen) atoms. The van der Waals surface area contributed by atoms with Crippen LogP contribution in [0, 0.1) is 5.92 Å². The molecule has 1 fully saturated rings. The van der Waals surface area contributed by atoms with Gasteiger partial charge in [-0.15, -0.1) is 0 Å². The van der Waals surface area contributed by atoms with Crippen LogP contribution < -0.4 is 0 Å². The summed E-state index contributed by atoms with van der Waals surface area (Å²) in [5.41, 5.74) is 0. The van der Waals surface area contributed by atoms with Gasteiger partial charge in [0.2, 0.25) is 0 Å². The Morgan fingerprint density at radius 1 is 0.675 bits per heavy atom. The van der Waals surface area contributed by atoms with Crippen molar-refractivity contribution in [2.45, 2.75) is 51.6 Å². The Kier molecular flexibility index (Phi) is 19.2. The van der Waals surface area contributed by atoms with Crippen molar-refractivity contribution in [3.8, 4) is 0 Å². The number of carboxylic acid groups (broad SMARTS) is 4. The van der Waals surface area contributed by atoms with Gasteiger partial charge in [0.15, 0.2) is 0 Å². The van der Waals surface area contributed by atoms with Crippen molar-refractivity contribution in [3.63, 3.8) is 0 Å². The molecule has 14 nitrogen and oxygen atoms in total. The Morgan fingerprint density at radius 2 is 1.05 bits per heavy atom. The number of Topliss-reactive ketones (excluding diaryl/α,β-unsaturated/α-hetero) is 1. The predicted molar refractivity (Wildman–Crippen MR) is 138 cm³/mol. The van der Waals surface area contributed by atoms with E-state index < -0.39 is 36.0 Å². The zero-order valence-electron chi connectivity index (χ0n) is 23.2. The smallest absolute Gasteiger partial charge is 0.320 e. The van der Waals surface area contributed by atoms with E-state index in [1.807, 2.05) is 0 Å². The van der Waals surface area contributed by atoms with Crippen LogP contribution in [0.15, 0.2) is 0 Å². The Balaban J connectivity index is 0.0000152. The molecule has 0 bridgehead atoms. The first-order valence-corrected chi connectivity index (χ1v) is 13.0. The molecule has 1 aliphatic heterocycles. The van der Waals surface area contributed by atoms with Gasteiger partial charge in [0.1, 0.15) is 17.9 Å². The van der Waals surface area contributed by atoms with E-state index >= 15 is 0 Å². The van der Waals surface area contributed by atoms with Crippen LogP contribution in [0.3, 0.4) is 0 Å². The number of rotatable bonds is 15. The molecule has 1 aliphatic rings. The summed E-state index contributed by atoms with van der Waals surface area (Å²) < 4.78 is 0. The summed E-state index contributed by atoms with van der Waals surface area (Å²) >= 11 is 0. The summed E-state index contributed by atoms with van der Waals surface area (Å²) in [4.78, 5) is 76.5. The molecule has 0 aliphatic carbocycles. The monoisotopic (exact) mass is 646 g/mol. The number of nitrogens with zero attached hydrogens (tertiary/aromatic N) is 4. The molecule has 0 aromatic rings. The van der Waals surface area contributed by atoms with E-state index in [0.717, 1.165) is 0 Å². The van der Waals surface area contributed by atoms with Crippen LogP contribution in [0.2, 0.25) is 0 Å². The number of carboxylic acids is 4. The third kappa shape index (κ3) is 14.7. The minimum absolute atomic E-state index is 0. The standard InChI is InChI=1S/C25H41N4O10.Y/c1-18(2)21(31)6-5-20(25(38)39)29-13-9-26(16-22(32)33)7-11-28(19(24(36)37)4-3-15-30)12-8-27(10-14-29)17-23(34)35;/h18-20H,3-14,16-17H2,1-2H3,(H,32,33)(H,34,35)(H,36,37)(H,38,39);/q-1;. The van der Waals surface area contributed by atoms with Gasteiger partial charge in [-0.05, 0) is 6.42 Å². The summed E-state index contributed by atoms with van der Waals surface area (Å²) in [7, 11) is 0. The summed E-state index contributed by atoms with van der Waals surface area (Å²) in [6.07, 6.45) is 1.71. The molecule has 2 unspecified atom stereocenters. The van der Waals surface area contributed by atoms with E-state index in [1.54, 1.807) is 39.7 Å². The fraction of sp³-hybridized carbons (Fsp3) is 0.760. The Labute approximate surface area is 259 Å². The van der Waals surface area contributed by atoms with Crippen molar-refractivity contribution in [3.05, 3.63) is 0 Å². The van der Waals surface area contributed by atoms with Crippen LogP contribution in [-0.2, 0) is 61.5 Å². The van der Waals surface area contributed by atoms with Crippen molar-refractivity contribution < 1.29 is 81.9 Å². The molecule has 1 heterocycles. The second-order valence-electron chi connectivity index (χ2n) is 9.96. The maximum absolute atomic E-state index is 12.2. The van der Waals surface area contributed by atoms with Crippen LogP contribution >= 0.6 is 0 Å². The summed E-state index contributed by atoms with van der Waals surface area (Å²) in [5.74, 6) is -4.80. The molecular weight excluding hydrogens is 605 g/mol. The van der Waals surface area contributed by atoms with Crippen molar-refractivity contribution in [2.24, 2.45) is 5.92 Å². The predicted octanol–water partition coefficient (Wildman–Crippen LogP) is -0.824. The van der Waals surface area contributed by atoms with Crippen LogP contribution in [0.1, 0.15) is 39.5 Å². The van der Waals surface area contributed by atoms with E-state index in [4.69, 9.17) is 0 Å². The zero-order valence-corrected chi connectivity index (χ0v) is 26.1. The van der Waals surface area contributed by atoms with E-state index in [9.17, 15) is 49.2 Å². The molecule has 0 aromatic heterocycles. The Hall–Kier alpha value is -1.84. The Morgan fingerprint density at radius 3 is 1.35 bits per heavy atom. The van der Waals surface area contributed by atoms with Crippen molar-refractivity contribution in [1.82, 2.24) is 19.6 Å². The fourth-order valence-corrected chi connectivity index (χ4v) is 4.54. The molecule has 4 N–H and O–H groups in total. The van der Waals surface area contributed by atoms with Crippen molar-refractivity contribution in [2.75, 3.05) is 65.4 Å². The summed E-state index contributed by atoms with van der Waals surface area (Å²) in [6, 6.07) is -2.07. The first-order chi connectivity index (χ1) is 18.3. The summed E-state index contributed by atoms with van der Waals surface area (Å²) in [5, 5.41) is 38.5. The largest absolute Gasteiger partial charge is 0.542 e. The fourth-order valence-electron chi connectivity index (χ4n) is 4.54. The molecular formula is C25H41N4O10Y-. The van der Waals surface area contributed by atoms with Gasteiger partial charge in [-0.25, -0.2) is 0 Å². The van der Waals surface area contributed by atoms with Crippen molar-refractivity contribution in [1.29, 1.82) is 0 Å². The number of aliphatic carboxylic acids is 4. The van der Waals surface area contributed by atoms with Crippen molar-refractivity contribution >= 4 is 35.9 Å². The SMILES string of the molecule is CC(C)C(=O)CCC(C(=O)O)N1CCN(CC(=O)O)CCN(C(CC[C-]=O)C(=O)O)CCN(CC(=O)O)CC1.[Y]. The summed E-state index contributed by atoms with van der Waals surface area (Å²) in [6.45, 7) is 3.93. The van der Waals surface area contributed by atoms with Gasteiger partial charge < -0.3 is 25.2 Å². The topological polar surface area (TPSA) is 196 Å². The molecule has 0 aromatic carbocycles. The third-order valence-corrected chi connectivity index (χ3v) is 6.81. The number of hydrogen-bond acceptors (Lipinski definition) is 10. The number of carbonyl (C=O) groups excluding carboxylic acids is 2. The molecule has 1 saturated heterocycles. The number of carbonyl (C=O) groups is 5. The third-order valence-electron chi connectivity index (χ3n) is 6.81. The number of hydrogen-bond donors (Lipinski definition) is 4. The second kappa shape index (κ2) is 20.1. The molecule has 0 spiro atoms. The van der Waals surface area contributed by atoms with E-state index in [1.165, 1.54) is 0 Å². The molecule has 1 rings (SSSR count). The Bertz CT molecular complexity index is 827. The van der Waals surface area contributed by atoms with E-state index in [-0.39, 0.29) is 136 Å². The molecule has 225 valence electrons. The average molecular weight is 647 g/mol. The first-order valence-electron chi connectivity index (χ1n) is 13.0. The quantitative estimate of drug-likeness (QED) is 0.161. The van der Waals surface area contributed by atoms with E-state index in [2.05, 4.69) is 0 Å². The van der Waals surface area contributed by atoms with Gasteiger partial charge >= 0.3 is 23.9 Å². The molecule has 0 saturated carbocycles. The van der Waals surface area contributed by atoms with E-state index in [0.29, 0.717) is 0 Å². The van der Waals surface area contributed by atoms with Crippen LogP contribution in [0.5, 0.6) is 0 Å². The zero-order chi connectivity index (χ0) is 29.5. The van der Waals surface area contributed by atoms with Gasteiger partial charge in [0, 0.05) is 97.4 Å². The molecule has 2 atom stereocenters. The van der Waals surface area contributed by atoms with Crippen LogP contribution in [0.4, 0.5) is 0 Å². The average Bonchev–Trinajstić information content (AvgIpc) is 2.83. The molecule has 0 amide bonds. The number of ketones is 1. The molecule has 1 radical (unpaired) electrons. The maximum Gasteiger partial charge on any atom is 0.320 e.